The summed E-state index contributed by atoms with van der Waals surface area (Å²) in [5, 5.41) is 3.59. The fourth-order valence-corrected chi connectivity index (χ4v) is 3.63. The monoisotopic (exact) mass is 463 g/mol. The number of nitrogens with zero attached hydrogens (tertiary/aromatic N) is 3. The van der Waals surface area contributed by atoms with Gasteiger partial charge in [0, 0.05) is 24.7 Å². The van der Waals surface area contributed by atoms with Gasteiger partial charge in [0.25, 0.3) is 5.88 Å². The van der Waals surface area contributed by atoms with Crippen LogP contribution < -0.4 is 9.64 Å². The molecule has 2 aliphatic heterocycles. The molecule has 1 atom stereocenters. The number of carbonyl (C=O) groups is 2. The van der Waals surface area contributed by atoms with Crippen LogP contribution in [0.25, 0.3) is 5.57 Å². The lowest BCUT2D eigenvalue weighted by Crippen LogP contribution is -2.36. The van der Waals surface area contributed by atoms with Crippen LogP contribution in [0.5, 0.6) is 5.88 Å². The Morgan fingerprint density at radius 1 is 1.30 bits per heavy atom. The van der Waals surface area contributed by atoms with Crippen LogP contribution in [0.1, 0.15) is 25.8 Å². The molecule has 176 valence electrons. The highest BCUT2D eigenvalue weighted by molar-refractivity contribution is 5.90. The Labute approximate surface area is 188 Å². The number of ether oxygens (including phenoxy) is 3. The first kappa shape index (κ1) is 22.6. The number of amides is 2. The molecule has 4 rings (SSSR count). The molecule has 2 amide bonds. The molecule has 0 spiro atoms. The third-order valence-corrected chi connectivity index (χ3v) is 5.17. The van der Waals surface area contributed by atoms with E-state index >= 15 is 0 Å². The second kappa shape index (κ2) is 9.47. The minimum absolute atomic E-state index is 0.0143. The number of cyclic esters (lactones) is 1. The van der Waals surface area contributed by atoms with Crippen molar-refractivity contribution in [2.24, 2.45) is 0 Å². The Balaban J connectivity index is 1.44. The lowest BCUT2D eigenvalue weighted by atomic mass is 9.98. The number of hydrogen-bond donors (Lipinski definition) is 0. The van der Waals surface area contributed by atoms with Crippen LogP contribution in [0.4, 0.5) is 24.1 Å². The van der Waals surface area contributed by atoms with Crippen molar-refractivity contribution in [1.82, 2.24) is 10.1 Å². The lowest BCUT2D eigenvalue weighted by molar-refractivity contribution is 0.0799. The number of aromatic nitrogens is 1. The molecule has 0 radical (unpaired) electrons. The molecule has 33 heavy (non-hydrogen) atoms. The molecule has 1 fully saturated rings. The molecule has 2 aliphatic rings. The SMILES string of the molecule is CC(C)OC(=O)N1CC=C(c2c(F)cc(N3C[C@H](COc4ccon4)OC3=O)cc2F)CC1. The largest absolute Gasteiger partial charge is 0.471 e. The summed E-state index contributed by atoms with van der Waals surface area (Å²) in [6.07, 6.45) is 1.12. The average molecular weight is 463 g/mol. The van der Waals surface area contributed by atoms with Crippen LogP contribution in [0.3, 0.4) is 0 Å². The minimum Gasteiger partial charge on any atom is -0.471 e. The van der Waals surface area contributed by atoms with Gasteiger partial charge in [0.15, 0.2) is 6.10 Å². The first-order chi connectivity index (χ1) is 15.8. The number of carbonyl (C=O) groups excluding carboxylic acids is 2. The standard InChI is InChI=1S/C22H23F2N3O6/c1-13(2)32-21(28)26-6-3-14(4-7-26)20-17(23)9-15(10-18(20)24)27-11-16(33-22(27)29)12-30-19-5-8-31-25-19/h3,5,8-10,13,16H,4,6-7,11-12H2,1-2H3/t16-/m1/s1. The van der Waals surface area contributed by atoms with Crippen LogP contribution >= 0.6 is 0 Å². The fourth-order valence-electron chi connectivity index (χ4n) is 3.63. The van der Waals surface area contributed by atoms with E-state index in [4.69, 9.17) is 14.2 Å². The van der Waals surface area contributed by atoms with E-state index in [-0.39, 0.29) is 55.9 Å². The van der Waals surface area contributed by atoms with Crippen molar-refractivity contribution in [2.75, 3.05) is 31.1 Å². The third-order valence-electron chi connectivity index (χ3n) is 5.17. The minimum atomic E-state index is -0.801. The quantitative estimate of drug-likeness (QED) is 0.639. The molecule has 1 aromatic carbocycles. The lowest BCUT2D eigenvalue weighted by Gasteiger charge is -2.27. The molecule has 1 aromatic heterocycles. The maximum absolute atomic E-state index is 14.9. The zero-order valence-corrected chi connectivity index (χ0v) is 18.1. The van der Waals surface area contributed by atoms with Gasteiger partial charge in [-0.15, -0.1) is 0 Å². The molecular weight excluding hydrogens is 440 g/mol. The molecule has 0 N–H and O–H groups in total. The summed E-state index contributed by atoms with van der Waals surface area (Å²) in [7, 11) is 0. The van der Waals surface area contributed by atoms with Crippen LogP contribution in [0.2, 0.25) is 0 Å². The normalized spacial score (nSPS) is 18.4. The molecule has 0 aliphatic carbocycles. The third kappa shape index (κ3) is 5.07. The zero-order chi connectivity index (χ0) is 23.5. The second-order valence-electron chi connectivity index (χ2n) is 7.91. The molecule has 11 heteroatoms. The molecule has 9 nitrogen and oxygen atoms in total. The Hall–Kier alpha value is -3.63. The molecule has 3 heterocycles. The van der Waals surface area contributed by atoms with Crippen molar-refractivity contribution in [1.29, 1.82) is 0 Å². The van der Waals surface area contributed by atoms with E-state index in [1.807, 2.05) is 0 Å². The molecule has 1 saturated heterocycles. The van der Waals surface area contributed by atoms with E-state index < -0.39 is 29.9 Å². The van der Waals surface area contributed by atoms with Gasteiger partial charge in [0.1, 0.15) is 24.5 Å². The van der Waals surface area contributed by atoms with E-state index in [0.717, 1.165) is 17.0 Å². The maximum atomic E-state index is 14.9. The fraction of sp³-hybridized carbons (Fsp3) is 0.409. The smallest absolute Gasteiger partial charge is 0.414 e. The number of hydrogen-bond acceptors (Lipinski definition) is 7. The highest BCUT2D eigenvalue weighted by Gasteiger charge is 2.34. The molecule has 0 unspecified atom stereocenters. The van der Waals surface area contributed by atoms with Gasteiger partial charge in [-0.3, -0.25) is 4.90 Å². The summed E-state index contributed by atoms with van der Waals surface area (Å²) in [4.78, 5) is 26.9. The highest BCUT2D eigenvalue weighted by Crippen LogP contribution is 2.32. The van der Waals surface area contributed by atoms with Gasteiger partial charge in [-0.1, -0.05) is 6.08 Å². The number of halogens is 2. The predicted octanol–water partition coefficient (Wildman–Crippen LogP) is 3.99. The van der Waals surface area contributed by atoms with Crippen molar-refractivity contribution in [3.8, 4) is 5.88 Å². The van der Waals surface area contributed by atoms with E-state index in [9.17, 15) is 18.4 Å². The van der Waals surface area contributed by atoms with Crippen LogP contribution in [0, 0.1) is 11.6 Å². The van der Waals surface area contributed by atoms with Crippen molar-refractivity contribution in [3.63, 3.8) is 0 Å². The van der Waals surface area contributed by atoms with Crippen molar-refractivity contribution < 1.29 is 37.1 Å². The second-order valence-corrected chi connectivity index (χ2v) is 7.91. The van der Waals surface area contributed by atoms with Gasteiger partial charge in [-0.05, 0) is 43.1 Å². The zero-order valence-electron chi connectivity index (χ0n) is 18.1. The highest BCUT2D eigenvalue weighted by atomic mass is 19.1. The number of anilines is 1. The first-order valence-electron chi connectivity index (χ1n) is 10.5. The van der Waals surface area contributed by atoms with Crippen molar-refractivity contribution >= 4 is 23.4 Å². The van der Waals surface area contributed by atoms with E-state index in [1.165, 1.54) is 17.2 Å². The average Bonchev–Trinajstić information content (AvgIpc) is 3.41. The van der Waals surface area contributed by atoms with Crippen LogP contribution in [0.15, 0.2) is 35.1 Å². The van der Waals surface area contributed by atoms with Gasteiger partial charge in [0.2, 0.25) is 0 Å². The van der Waals surface area contributed by atoms with E-state index in [0.29, 0.717) is 5.57 Å². The van der Waals surface area contributed by atoms with Gasteiger partial charge in [-0.25, -0.2) is 18.4 Å². The summed E-state index contributed by atoms with van der Waals surface area (Å²) in [6.45, 7) is 4.04. The first-order valence-corrected chi connectivity index (χ1v) is 10.5. The molecule has 2 aromatic rings. The summed E-state index contributed by atoms with van der Waals surface area (Å²) >= 11 is 0. The van der Waals surface area contributed by atoms with Crippen molar-refractivity contribution in [2.45, 2.75) is 32.5 Å². The maximum Gasteiger partial charge on any atom is 0.414 e. The predicted molar refractivity (Wildman–Crippen MR) is 112 cm³/mol. The van der Waals surface area contributed by atoms with Gasteiger partial charge in [0.05, 0.1) is 18.3 Å². The Morgan fingerprint density at radius 2 is 2.06 bits per heavy atom. The van der Waals surface area contributed by atoms with Gasteiger partial charge in [-0.2, -0.15) is 0 Å². The topological polar surface area (TPSA) is 94.3 Å². The number of rotatable bonds is 6. The Bertz CT molecular complexity index is 1030. The summed E-state index contributed by atoms with van der Waals surface area (Å²) in [6, 6.07) is 3.70. The van der Waals surface area contributed by atoms with Crippen molar-refractivity contribution in [3.05, 3.63) is 47.7 Å². The molecule has 0 saturated carbocycles. The Morgan fingerprint density at radius 3 is 2.67 bits per heavy atom. The molecule has 0 bridgehead atoms. The van der Waals surface area contributed by atoms with Gasteiger partial charge >= 0.3 is 12.2 Å². The Kier molecular flexibility index (Phi) is 6.47. The number of benzene rings is 1. The van der Waals surface area contributed by atoms with Crippen LogP contribution in [-0.4, -0.2) is 60.7 Å². The molecular formula is C22H23F2N3O6. The summed E-state index contributed by atoms with van der Waals surface area (Å²) in [5.41, 5.74) is 0.323. The van der Waals surface area contributed by atoms with Gasteiger partial charge < -0.3 is 23.6 Å². The van der Waals surface area contributed by atoms with E-state index in [1.54, 1.807) is 19.9 Å². The summed E-state index contributed by atoms with van der Waals surface area (Å²) in [5.74, 6) is -1.36. The van der Waals surface area contributed by atoms with Crippen LogP contribution in [-0.2, 0) is 9.47 Å². The van der Waals surface area contributed by atoms with E-state index in [2.05, 4.69) is 9.68 Å². The summed E-state index contributed by atoms with van der Waals surface area (Å²) < 4.78 is 50.2.